The number of methoxy groups -OCH3 is 1. The minimum Gasteiger partial charge on any atom is -0.493 e. The zero-order valence-electron chi connectivity index (χ0n) is 15.5. The van der Waals surface area contributed by atoms with E-state index < -0.39 is 11.8 Å². The van der Waals surface area contributed by atoms with Crippen molar-refractivity contribution in [2.24, 2.45) is 0 Å². The van der Waals surface area contributed by atoms with E-state index in [9.17, 15) is 14.0 Å². The molecule has 150 valence electrons. The fourth-order valence-corrected chi connectivity index (χ4v) is 3.60. The summed E-state index contributed by atoms with van der Waals surface area (Å²) in [5, 5.41) is 2.52. The van der Waals surface area contributed by atoms with E-state index in [1.807, 2.05) is 0 Å². The number of amides is 2. The summed E-state index contributed by atoms with van der Waals surface area (Å²) in [7, 11) is 2.96. The van der Waals surface area contributed by atoms with Gasteiger partial charge >= 0.3 is 0 Å². The second kappa shape index (κ2) is 8.87. The number of ether oxygens (including phenoxy) is 2. The van der Waals surface area contributed by atoms with Gasteiger partial charge in [-0.2, -0.15) is 0 Å². The standard InChI is InChI=1S/C20H16FIN2O4S/c1-24-19(26)13(18(25)23-20(24)29)7-11-8-15(22)17(16(9-11)27-2)28-10-12-5-3-4-6-14(12)21/h3-9H,10H2,1-2H3,(H,23,25,29)/b13-7+. The van der Waals surface area contributed by atoms with E-state index in [0.29, 0.717) is 26.2 Å². The number of halogens is 2. The fraction of sp³-hybridized carbons (Fsp3) is 0.150. The first kappa shape index (κ1) is 21.2. The number of nitrogens with zero attached hydrogens (tertiary/aromatic N) is 1. The molecule has 0 radical (unpaired) electrons. The van der Waals surface area contributed by atoms with Gasteiger partial charge in [0, 0.05) is 12.6 Å². The molecule has 2 amide bonds. The van der Waals surface area contributed by atoms with Crippen LogP contribution in [0.15, 0.2) is 42.0 Å². The maximum absolute atomic E-state index is 13.8. The molecule has 1 heterocycles. The quantitative estimate of drug-likeness (QED) is 0.281. The number of hydrogen-bond acceptors (Lipinski definition) is 5. The average Bonchev–Trinajstić information content (AvgIpc) is 2.69. The van der Waals surface area contributed by atoms with E-state index in [4.69, 9.17) is 21.7 Å². The summed E-state index contributed by atoms with van der Waals surface area (Å²) in [6.45, 7) is 0.0304. The molecule has 0 atom stereocenters. The van der Waals surface area contributed by atoms with Crippen molar-refractivity contribution in [1.82, 2.24) is 10.2 Å². The molecule has 0 bridgehead atoms. The number of thiocarbonyl (C=S) groups is 1. The molecule has 1 aliphatic heterocycles. The van der Waals surface area contributed by atoms with Gasteiger partial charge in [-0.15, -0.1) is 0 Å². The highest BCUT2D eigenvalue weighted by Gasteiger charge is 2.30. The van der Waals surface area contributed by atoms with Crippen molar-refractivity contribution in [3.63, 3.8) is 0 Å². The number of carbonyl (C=O) groups is 2. The molecule has 9 heteroatoms. The van der Waals surface area contributed by atoms with Crippen LogP contribution in [0.1, 0.15) is 11.1 Å². The first-order valence-corrected chi connectivity index (χ1v) is 9.89. The number of hydrogen-bond donors (Lipinski definition) is 1. The Labute approximate surface area is 185 Å². The van der Waals surface area contributed by atoms with Gasteiger partial charge < -0.3 is 9.47 Å². The molecule has 0 aromatic heterocycles. The van der Waals surface area contributed by atoms with Crippen LogP contribution in [0.3, 0.4) is 0 Å². The Morgan fingerprint density at radius 2 is 2.00 bits per heavy atom. The second-order valence-electron chi connectivity index (χ2n) is 6.10. The number of nitrogens with one attached hydrogen (secondary N) is 1. The third-order valence-corrected chi connectivity index (χ3v) is 5.37. The van der Waals surface area contributed by atoms with Crippen LogP contribution in [0.25, 0.3) is 6.08 Å². The van der Waals surface area contributed by atoms with Crippen molar-refractivity contribution >= 4 is 57.8 Å². The summed E-state index contributed by atoms with van der Waals surface area (Å²) in [6, 6.07) is 9.72. The van der Waals surface area contributed by atoms with Crippen LogP contribution < -0.4 is 14.8 Å². The van der Waals surface area contributed by atoms with Crippen molar-refractivity contribution in [3.05, 3.63) is 62.5 Å². The molecule has 2 aromatic rings. The molecule has 29 heavy (non-hydrogen) atoms. The lowest BCUT2D eigenvalue weighted by Gasteiger charge is -2.25. The number of rotatable bonds is 5. The highest BCUT2D eigenvalue weighted by molar-refractivity contribution is 14.1. The molecule has 1 N–H and O–H groups in total. The van der Waals surface area contributed by atoms with E-state index in [2.05, 4.69) is 27.9 Å². The van der Waals surface area contributed by atoms with Crippen LogP contribution >= 0.6 is 34.8 Å². The Morgan fingerprint density at radius 3 is 2.69 bits per heavy atom. The molecule has 1 saturated heterocycles. The summed E-state index contributed by atoms with van der Waals surface area (Å²) < 4.78 is 25.7. The lowest BCUT2D eigenvalue weighted by Crippen LogP contribution is -2.52. The van der Waals surface area contributed by atoms with E-state index >= 15 is 0 Å². The summed E-state index contributed by atoms with van der Waals surface area (Å²) in [5.74, 6) is -0.574. The van der Waals surface area contributed by atoms with Gasteiger partial charge in [-0.1, -0.05) is 18.2 Å². The first-order valence-electron chi connectivity index (χ1n) is 8.40. The van der Waals surface area contributed by atoms with E-state index in [0.717, 1.165) is 0 Å². The summed E-state index contributed by atoms with van der Waals surface area (Å²) in [5.41, 5.74) is 0.947. The van der Waals surface area contributed by atoms with E-state index in [1.54, 1.807) is 30.3 Å². The Hall–Kier alpha value is -2.53. The van der Waals surface area contributed by atoms with Crippen molar-refractivity contribution in [2.75, 3.05) is 14.2 Å². The van der Waals surface area contributed by atoms with Crippen molar-refractivity contribution in [2.45, 2.75) is 6.61 Å². The lowest BCUT2D eigenvalue weighted by atomic mass is 10.1. The zero-order valence-corrected chi connectivity index (χ0v) is 18.5. The largest absolute Gasteiger partial charge is 0.493 e. The number of carbonyl (C=O) groups excluding carboxylic acids is 2. The van der Waals surface area contributed by atoms with Crippen molar-refractivity contribution < 1.29 is 23.5 Å². The van der Waals surface area contributed by atoms with Gasteiger partial charge in [-0.25, -0.2) is 4.39 Å². The van der Waals surface area contributed by atoms with Crippen LogP contribution in [0.2, 0.25) is 0 Å². The predicted molar refractivity (Wildman–Crippen MR) is 118 cm³/mol. The second-order valence-corrected chi connectivity index (χ2v) is 7.64. The molecule has 1 aliphatic rings. The van der Waals surface area contributed by atoms with Crippen LogP contribution in [-0.2, 0) is 16.2 Å². The Morgan fingerprint density at radius 1 is 1.28 bits per heavy atom. The monoisotopic (exact) mass is 526 g/mol. The van der Waals surface area contributed by atoms with Gasteiger partial charge in [0.15, 0.2) is 16.6 Å². The van der Waals surface area contributed by atoms with E-state index in [1.165, 1.54) is 31.2 Å². The molecule has 6 nitrogen and oxygen atoms in total. The van der Waals surface area contributed by atoms with Gasteiger partial charge in [-0.05, 0) is 64.6 Å². The molecule has 0 saturated carbocycles. The molecule has 3 rings (SSSR count). The van der Waals surface area contributed by atoms with Crippen LogP contribution in [-0.4, -0.2) is 36.0 Å². The van der Waals surface area contributed by atoms with E-state index in [-0.39, 0.29) is 23.1 Å². The summed E-state index contributed by atoms with van der Waals surface area (Å²) in [6.07, 6.45) is 1.46. The predicted octanol–water partition coefficient (Wildman–Crippen LogP) is 3.27. The highest BCUT2D eigenvalue weighted by Crippen LogP contribution is 2.35. The SMILES string of the molecule is COc1cc(/C=C2\C(=O)NC(=S)N(C)C2=O)cc(I)c1OCc1ccccc1F. The molecule has 2 aromatic carbocycles. The smallest absolute Gasteiger partial charge is 0.265 e. The van der Waals surface area contributed by atoms with Gasteiger partial charge in [0.1, 0.15) is 18.0 Å². The minimum atomic E-state index is -0.563. The van der Waals surface area contributed by atoms with Gasteiger partial charge in [0.05, 0.1) is 10.7 Å². The normalized spacial score (nSPS) is 15.5. The first-order chi connectivity index (χ1) is 13.8. The molecular weight excluding hydrogens is 510 g/mol. The Balaban J connectivity index is 1.90. The molecule has 0 aliphatic carbocycles. The Kier molecular flexibility index (Phi) is 6.48. The fourth-order valence-electron chi connectivity index (χ4n) is 2.64. The molecular formula is C20H16FIN2O4S. The van der Waals surface area contributed by atoms with Crippen LogP contribution in [0, 0.1) is 9.39 Å². The minimum absolute atomic E-state index is 0.0304. The molecule has 1 fully saturated rings. The van der Waals surface area contributed by atoms with Gasteiger partial charge in [0.2, 0.25) is 0 Å². The number of benzene rings is 2. The molecule has 0 spiro atoms. The lowest BCUT2D eigenvalue weighted by molar-refractivity contribution is -0.128. The Bertz CT molecular complexity index is 1040. The topological polar surface area (TPSA) is 67.9 Å². The third kappa shape index (κ3) is 4.56. The van der Waals surface area contributed by atoms with Crippen LogP contribution in [0.5, 0.6) is 11.5 Å². The van der Waals surface area contributed by atoms with Crippen molar-refractivity contribution in [1.29, 1.82) is 0 Å². The zero-order chi connectivity index (χ0) is 21.1. The maximum Gasteiger partial charge on any atom is 0.265 e. The highest BCUT2D eigenvalue weighted by atomic mass is 127. The van der Waals surface area contributed by atoms with Crippen molar-refractivity contribution in [3.8, 4) is 11.5 Å². The summed E-state index contributed by atoms with van der Waals surface area (Å²) in [4.78, 5) is 25.7. The molecule has 0 unspecified atom stereocenters. The number of likely N-dealkylation sites (N-methyl/N-ethyl adjacent to an activating group) is 1. The third-order valence-electron chi connectivity index (χ3n) is 4.20. The van der Waals surface area contributed by atoms with Gasteiger partial charge in [0.25, 0.3) is 11.8 Å². The summed E-state index contributed by atoms with van der Waals surface area (Å²) >= 11 is 6.99. The van der Waals surface area contributed by atoms with Gasteiger partial charge in [-0.3, -0.25) is 19.8 Å². The maximum atomic E-state index is 13.8. The van der Waals surface area contributed by atoms with Crippen LogP contribution in [0.4, 0.5) is 4.39 Å². The average molecular weight is 526 g/mol.